The molecule has 0 unspecified atom stereocenters. The molecular weight excluding hydrogens is 587 g/mol. The van der Waals surface area contributed by atoms with E-state index in [2.05, 4.69) is 23.9 Å². The molecule has 0 radical (unpaired) electrons. The maximum absolute atomic E-state index is 14.1. The molecule has 12 nitrogen and oxygen atoms in total. The van der Waals surface area contributed by atoms with Crippen LogP contribution >= 0.6 is 7.75 Å². The van der Waals surface area contributed by atoms with E-state index in [1.54, 1.807) is 50.4 Å². The van der Waals surface area contributed by atoms with Crippen molar-refractivity contribution in [3.63, 3.8) is 0 Å². The van der Waals surface area contributed by atoms with E-state index in [4.69, 9.17) is 24.3 Å². The topological polar surface area (TPSA) is 161 Å². The Morgan fingerprint density at radius 2 is 1.75 bits per heavy atom. The summed E-state index contributed by atoms with van der Waals surface area (Å²) in [6.07, 6.45) is 7.29. The average Bonchev–Trinajstić information content (AvgIpc) is 3.67. The molecule has 1 aromatic heterocycles. The summed E-state index contributed by atoms with van der Waals surface area (Å²) in [5, 5.41) is 2.72. The number of nitrogens with zero attached hydrogens (tertiary/aromatic N) is 2. The minimum atomic E-state index is -4.19. The number of ether oxygens (including phenoxy) is 2. The van der Waals surface area contributed by atoms with Gasteiger partial charge in [0.25, 0.3) is 0 Å². The standard InChI is InChI=1S/C31H45N4O8P/c1-6-11-24(12-7-2)19-40-29(37)23(5)34-44(39,43-26-13-9-8-10-14-26)42-21-31(20-41-28(36)22(3)4)17-25(31)18-35-16-15-27(32)33-30(35)38/h8-10,13-16,18,22-24H,6-7,11-12,17,19-21H2,1-5H3,(H,34,39)(H2,32,33,38)/b25-18-/t23-,31-,44-/m0/s1. The quantitative estimate of drug-likeness (QED) is 0.164. The van der Waals surface area contributed by atoms with Gasteiger partial charge in [-0.1, -0.05) is 58.7 Å². The zero-order chi connectivity index (χ0) is 32.3. The Kier molecular flexibility index (Phi) is 12.7. The summed E-state index contributed by atoms with van der Waals surface area (Å²) in [5.74, 6) is -0.749. The number of hydrogen-bond donors (Lipinski definition) is 2. The van der Waals surface area contributed by atoms with Crippen molar-refractivity contribution < 1.29 is 32.7 Å². The number of rotatable bonds is 18. The van der Waals surface area contributed by atoms with Crippen LogP contribution < -0.4 is 21.0 Å². The molecule has 0 bridgehead atoms. The molecule has 1 aliphatic rings. The van der Waals surface area contributed by atoms with Gasteiger partial charge in [-0.2, -0.15) is 10.1 Å². The number of anilines is 1. The number of benzene rings is 1. The highest BCUT2D eigenvalue weighted by Gasteiger charge is 2.52. The highest BCUT2D eigenvalue weighted by atomic mass is 31.2. The average molecular weight is 633 g/mol. The zero-order valence-corrected chi connectivity index (χ0v) is 27.1. The number of esters is 2. The van der Waals surface area contributed by atoms with E-state index in [1.165, 1.54) is 23.8 Å². The lowest BCUT2D eigenvalue weighted by atomic mass is 9.99. The fourth-order valence-corrected chi connectivity index (χ4v) is 6.14. The molecular formula is C31H45N4O8P. The van der Waals surface area contributed by atoms with Crippen molar-refractivity contribution in [1.82, 2.24) is 14.6 Å². The fourth-order valence-electron chi connectivity index (χ4n) is 4.56. The number of carbonyl (C=O) groups is 2. The lowest BCUT2D eigenvalue weighted by Gasteiger charge is -2.25. The summed E-state index contributed by atoms with van der Waals surface area (Å²) < 4.78 is 38.3. The minimum Gasteiger partial charge on any atom is -0.464 e. The van der Waals surface area contributed by atoms with Crippen LogP contribution in [-0.2, 0) is 28.2 Å². The molecule has 1 aromatic carbocycles. The first-order valence-electron chi connectivity index (χ1n) is 15.1. The predicted molar refractivity (Wildman–Crippen MR) is 168 cm³/mol. The number of nitrogens with one attached hydrogen (secondary N) is 1. The molecule has 1 aliphatic carbocycles. The highest BCUT2D eigenvalue weighted by Crippen LogP contribution is 2.56. The maximum Gasteiger partial charge on any atom is 0.459 e. The smallest absolute Gasteiger partial charge is 0.459 e. The van der Waals surface area contributed by atoms with Gasteiger partial charge in [-0.15, -0.1) is 0 Å². The monoisotopic (exact) mass is 632 g/mol. The first kappa shape index (κ1) is 35.0. The molecule has 1 fully saturated rings. The van der Waals surface area contributed by atoms with Gasteiger partial charge in [0.05, 0.1) is 24.5 Å². The second-order valence-electron chi connectivity index (χ2n) is 11.5. The van der Waals surface area contributed by atoms with Crippen LogP contribution in [0.5, 0.6) is 5.75 Å². The molecule has 0 aliphatic heterocycles. The molecule has 0 spiro atoms. The lowest BCUT2D eigenvalue weighted by molar-refractivity contribution is -0.149. The van der Waals surface area contributed by atoms with Crippen LogP contribution in [0.1, 0.15) is 66.7 Å². The van der Waals surface area contributed by atoms with E-state index in [0.29, 0.717) is 12.0 Å². The Balaban J connectivity index is 1.81. The van der Waals surface area contributed by atoms with Crippen molar-refractivity contribution in [1.29, 1.82) is 0 Å². The van der Waals surface area contributed by atoms with E-state index >= 15 is 0 Å². The summed E-state index contributed by atoms with van der Waals surface area (Å²) in [4.78, 5) is 41.3. The SMILES string of the molecule is CCCC(CCC)COC(=O)[C@H](C)N[P@](=O)(OC[C@@]1(COC(=O)C(C)C)C/C1=C/n1ccc(N)nc1=O)Oc1ccccc1. The van der Waals surface area contributed by atoms with Gasteiger partial charge in [0.1, 0.15) is 24.2 Å². The molecule has 1 heterocycles. The fraction of sp³-hybridized carbons (Fsp3) is 0.548. The zero-order valence-electron chi connectivity index (χ0n) is 26.2. The van der Waals surface area contributed by atoms with Crippen LogP contribution in [0.2, 0.25) is 0 Å². The molecule has 0 amide bonds. The van der Waals surface area contributed by atoms with Gasteiger partial charge in [0.2, 0.25) is 0 Å². The third-order valence-corrected chi connectivity index (χ3v) is 8.86. The minimum absolute atomic E-state index is 0.0772. The van der Waals surface area contributed by atoms with Crippen LogP contribution in [0, 0.1) is 17.3 Å². The van der Waals surface area contributed by atoms with Crippen LogP contribution in [-0.4, -0.2) is 47.4 Å². The molecule has 242 valence electrons. The maximum atomic E-state index is 14.1. The lowest BCUT2D eigenvalue weighted by Crippen LogP contribution is -2.36. The molecule has 3 atom stereocenters. The number of nitrogen functional groups attached to an aromatic ring is 1. The van der Waals surface area contributed by atoms with Crippen LogP contribution in [0.25, 0.3) is 6.20 Å². The summed E-state index contributed by atoms with van der Waals surface area (Å²) in [6, 6.07) is 8.90. The van der Waals surface area contributed by atoms with E-state index in [0.717, 1.165) is 25.7 Å². The molecule has 3 rings (SSSR count). The largest absolute Gasteiger partial charge is 0.464 e. The summed E-state index contributed by atoms with van der Waals surface area (Å²) in [6.45, 7) is 9.14. The number of carbonyl (C=O) groups excluding carboxylic acids is 2. The molecule has 13 heteroatoms. The van der Waals surface area contributed by atoms with Crippen molar-refractivity contribution in [2.45, 2.75) is 72.8 Å². The van der Waals surface area contributed by atoms with Gasteiger partial charge in [-0.25, -0.2) is 9.36 Å². The van der Waals surface area contributed by atoms with Gasteiger partial charge < -0.3 is 19.7 Å². The third kappa shape index (κ3) is 10.3. The summed E-state index contributed by atoms with van der Waals surface area (Å²) >= 11 is 0. The molecule has 3 N–H and O–H groups in total. The van der Waals surface area contributed by atoms with E-state index in [9.17, 15) is 18.9 Å². The number of nitrogens with two attached hydrogens (primary N) is 1. The third-order valence-electron chi connectivity index (χ3n) is 7.23. The molecule has 44 heavy (non-hydrogen) atoms. The van der Waals surface area contributed by atoms with Gasteiger partial charge in [0.15, 0.2) is 0 Å². The van der Waals surface area contributed by atoms with Crippen molar-refractivity contribution in [2.75, 3.05) is 25.6 Å². The van der Waals surface area contributed by atoms with Gasteiger partial charge in [0, 0.05) is 12.4 Å². The number of aromatic nitrogens is 2. The highest BCUT2D eigenvalue weighted by molar-refractivity contribution is 7.52. The number of hydrogen-bond acceptors (Lipinski definition) is 10. The van der Waals surface area contributed by atoms with Crippen molar-refractivity contribution >= 4 is 31.7 Å². The first-order valence-corrected chi connectivity index (χ1v) is 16.6. The Bertz CT molecular complexity index is 1390. The number of para-hydroxylation sites is 1. The molecule has 2 aromatic rings. The van der Waals surface area contributed by atoms with Crippen molar-refractivity contribution in [3.05, 3.63) is 58.7 Å². The Labute approximate surface area is 258 Å². The van der Waals surface area contributed by atoms with E-state index < -0.39 is 36.8 Å². The van der Waals surface area contributed by atoms with Gasteiger partial charge in [-0.3, -0.25) is 18.7 Å². The molecule has 1 saturated carbocycles. The van der Waals surface area contributed by atoms with E-state index in [1.807, 2.05) is 0 Å². The van der Waals surface area contributed by atoms with E-state index in [-0.39, 0.29) is 43.2 Å². The van der Waals surface area contributed by atoms with Gasteiger partial charge >= 0.3 is 25.4 Å². The van der Waals surface area contributed by atoms with Crippen LogP contribution in [0.15, 0.2) is 53.0 Å². The van der Waals surface area contributed by atoms with Crippen molar-refractivity contribution in [2.24, 2.45) is 17.3 Å². The Morgan fingerprint density at radius 1 is 1.07 bits per heavy atom. The molecule has 0 saturated heterocycles. The Morgan fingerprint density at radius 3 is 2.36 bits per heavy atom. The summed E-state index contributed by atoms with van der Waals surface area (Å²) in [7, 11) is -4.19. The first-order chi connectivity index (χ1) is 20.9. The summed E-state index contributed by atoms with van der Waals surface area (Å²) in [5.41, 5.74) is 4.85. The van der Waals surface area contributed by atoms with Crippen LogP contribution in [0.3, 0.4) is 0 Å². The normalized spacial score (nSPS) is 19.0. The second kappa shape index (κ2) is 16.0. The van der Waals surface area contributed by atoms with Crippen LogP contribution in [0.4, 0.5) is 5.82 Å². The van der Waals surface area contributed by atoms with Gasteiger partial charge in [-0.05, 0) is 55.9 Å². The Hall–Kier alpha value is -3.47. The second-order valence-corrected chi connectivity index (χ2v) is 13.2. The van der Waals surface area contributed by atoms with Crippen molar-refractivity contribution in [3.8, 4) is 5.75 Å². The predicted octanol–water partition coefficient (Wildman–Crippen LogP) is 5.20.